The molecule has 0 aromatic heterocycles. The molecule has 0 saturated carbocycles. The van der Waals surface area contributed by atoms with E-state index in [-0.39, 0.29) is 23.5 Å². The molecule has 0 aliphatic carbocycles. The first-order valence-corrected chi connectivity index (χ1v) is 9.82. The fourth-order valence-electron chi connectivity index (χ4n) is 3.52. The summed E-state index contributed by atoms with van der Waals surface area (Å²) in [5, 5.41) is 0. The Labute approximate surface area is 161 Å². The van der Waals surface area contributed by atoms with Gasteiger partial charge in [-0.05, 0) is 64.3 Å². The van der Waals surface area contributed by atoms with Crippen LogP contribution in [0.1, 0.15) is 50.4 Å². The quantitative estimate of drug-likeness (QED) is 0.816. The molecule has 1 aromatic carbocycles. The van der Waals surface area contributed by atoms with E-state index in [0.717, 1.165) is 25.0 Å². The van der Waals surface area contributed by atoms with E-state index in [9.17, 15) is 9.59 Å². The molecular formula is C21H30N2O4. The van der Waals surface area contributed by atoms with Gasteiger partial charge in [-0.3, -0.25) is 9.59 Å². The Morgan fingerprint density at radius 3 is 2.30 bits per heavy atom. The van der Waals surface area contributed by atoms with E-state index in [1.165, 1.54) is 0 Å². The minimum Gasteiger partial charge on any atom is -0.488 e. The van der Waals surface area contributed by atoms with Gasteiger partial charge in [-0.2, -0.15) is 0 Å². The molecule has 148 valence electrons. The molecule has 6 nitrogen and oxygen atoms in total. The first-order valence-electron chi connectivity index (χ1n) is 9.82. The van der Waals surface area contributed by atoms with Crippen molar-refractivity contribution in [2.45, 2.75) is 51.7 Å². The fraction of sp³-hybridized carbons (Fsp3) is 0.619. The highest BCUT2D eigenvalue weighted by Crippen LogP contribution is 2.20. The molecule has 2 aliphatic rings. The summed E-state index contributed by atoms with van der Waals surface area (Å²) in [5.41, 5.74) is 0.380. The first kappa shape index (κ1) is 19.7. The van der Waals surface area contributed by atoms with E-state index in [0.29, 0.717) is 38.3 Å². The number of rotatable bonds is 3. The van der Waals surface area contributed by atoms with E-state index in [4.69, 9.17) is 9.47 Å². The van der Waals surface area contributed by atoms with E-state index in [1.54, 1.807) is 0 Å². The lowest BCUT2D eigenvalue weighted by Crippen LogP contribution is -2.41. The Morgan fingerprint density at radius 2 is 1.67 bits per heavy atom. The zero-order valence-electron chi connectivity index (χ0n) is 16.6. The van der Waals surface area contributed by atoms with Crippen molar-refractivity contribution in [2.24, 2.45) is 0 Å². The van der Waals surface area contributed by atoms with Gasteiger partial charge >= 0.3 is 0 Å². The van der Waals surface area contributed by atoms with Crippen LogP contribution in [0.15, 0.2) is 24.3 Å². The number of hydrogen-bond acceptors (Lipinski definition) is 4. The molecule has 1 unspecified atom stereocenters. The SMILES string of the molecule is CC(C)(C)Oc1ccc(C(=O)N2CCCN(C(=O)C3CCCO3)CC2)cc1. The Hall–Kier alpha value is -2.08. The third kappa shape index (κ3) is 5.22. The summed E-state index contributed by atoms with van der Waals surface area (Å²) in [5.74, 6) is 0.831. The molecule has 6 heteroatoms. The predicted molar refractivity (Wildman–Crippen MR) is 103 cm³/mol. The lowest BCUT2D eigenvalue weighted by molar-refractivity contribution is -0.140. The minimum atomic E-state index is -0.289. The lowest BCUT2D eigenvalue weighted by Gasteiger charge is -2.24. The van der Waals surface area contributed by atoms with Crippen LogP contribution in [0.25, 0.3) is 0 Å². The summed E-state index contributed by atoms with van der Waals surface area (Å²) in [4.78, 5) is 29.1. The second kappa shape index (κ2) is 8.30. The maximum Gasteiger partial charge on any atom is 0.253 e. The van der Waals surface area contributed by atoms with E-state index >= 15 is 0 Å². The molecule has 2 heterocycles. The summed E-state index contributed by atoms with van der Waals surface area (Å²) in [6.45, 7) is 9.11. The maximum absolute atomic E-state index is 12.8. The average Bonchev–Trinajstić information content (AvgIpc) is 3.04. The molecule has 0 N–H and O–H groups in total. The van der Waals surface area contributed by atoms with Crippen LogP contribution in [0.4, 0.5) is 0 Å². The van der Waals surface area contributed by atoms with Crippen LogP contribution in [0.3, 0.4) is 0 Å². The molecule has 2 aliphatic heterocycles. The van der Waals surface area contributed by atoms with Crippen molar-refractivity contribution in [1.29, 1.82) is 0 Å². The first-order chi connectivity index (χ1) is 12.8. The molecule has 2 amide bonds. The number of carbonyl (C=O) groups is 2. The topological polar surface area (TPSA) is 59.1 Å². The van der Waals surface area contributed by atoms with Crippen LogP contribution in [-0.4, -0.2) is 66.1 Å². The van der Waals surface area contributed by atoms with Gasteiger partial charge in [0.15, 0.2) is 0 Å². The van der Waals surface area contributed by atoms with Gasteiger partial charge in [0, 0.05) is 38.3 Å². The van der Waals surface area contributed by atoms with Gasteiger partial charge in [0.1, 0.15) is 17.5 Å². The smallest absolute Gasteiger partial charge is 0.253 e. The van der Waals surface area contributed by atoms with Crippen molar-refractivity contribution in [3.8, 4) is 5.75 Å². The molecule has 1 aromatic rings. The van der Waals surface area contributed by atoms with Crippen LogP contribution >= 0.6 is 0 Å². The molecule has 2 fully saturated rings. The van der Waals surface area contributed by atoms with Gasteiger partial charge in [-0.15, -0.1) is 0 Å². The van der Waals surface area contributed by atoms with Crippen molar-refractivity contribution in [1.82, 2.24) is 9.80 Å². The monoisotopic (exact) mass is 374 g/mol. The second-order valence-electron chi connectivity index (χ2n) is 8.21. The molecule has 3 rings (SSSR count). The van der Waals surface area contributed by atoms with E-state index in [1.807, 2.05) is 54.8 Å². The summed E-state index contributed by atoms with van der Waals surface area (Å²) >= 11 is 0. The number of ether oxygens (including phenoxy) is 2. The van der Waals surface area contributed by atoms with Gasteiger partial charge in [-0.25, -0.2) is 0 Å². The summed E-state index contributed by atoms with van der Waals surface area (Å²) in [7, 11) is 0. The van der Waals surface area contributed by atoms with Crippen LogP contribution in [0.5, 0.6) is 5.75 Å². The third-order valence-corrected chi connectivity index (χ3v) is 4.83. The van der Waals surface area contributed by atoms with Crippen molar-refractivity contribution >= 4 is 11.8 Å². The van der Waals surface area contributed by atoms with Crippen LogP contribution in [0.2, 0.25) is 0 Å². The highest BCUT2D eigenvalue weighted by atomic mass is 16.5. The Balaban J connectivity index is 1.58. The Kier molecular flexibility index (Phi) is 6.05. The second-order valence-corrected chi connectivity index (χ2v) is 8.21. The number of nitrogens with zero attached hydrogens (tertiary/aromatic N) is 2. The highest BCUT2D eigenvalue weighted by molar-refractivity contribution is 5.94. The molecular weight excluding hydrogens is 344 g/mol. The van der Waals surface area contributed by atoms with Gasteiger partial charge in [0.25, 0.3) is 11.8 Å². The summed E-state index contributed by atoms with van der Waals surface area (Å²) in [6.07, 6.45) is 2.25. The summed E-state index contributed by atoms with van der Waals surface area (Å²) < 4.78 is 11.3. The molecule has 0 spiro atoms. The van der Waals surface area contributed by atoms with Gasteiger partial charge < -0.3 is 19.3 Å². The van der Waals surface area contributed by atoms with Crippen molar-refractivity contribution in [3.05, 3.63) is 29.8 Å². The van der Waals surface area contributed by atoms with E-state index in [2.05, 4.69) is 0 Å². The molecule has 0 radical (unpaired) electrons. The fourth-order valence-corrected chi connectivity index (χ4v) is 3.52. The van der Waals surface area contributed by atoms with Crippen molar-refractivity contribution in [2.75, 3.05) is 32.8 Å². The third-order valence-electron chi connectivity index (χ3n) is 4.83. The summed E-state index contributed by atoms with van der Waals surface area (Å²) in [6, 6.07) is 7.29. The molecule has 2 saturated heterocycles. The molecule has 1 atom stereocenters. The molecule has 27 heavy (non-hydrogen) atoms. The normalized spacial score (nSPS) is 21.1. The zero-order chi connectivity index (χ0) is 19.4. The highest BCUT2D eigenvalue weighted by Gasteiger charge is 2.30. The Morgan fingerprint density at radius 1 is 1.00 bits per heavy atom. The molecule has 0 bridgehead atoms. The van der Waals surface area contributed by atoms with Crippen molar-refractivity contribution in [3.63, 3.8) is 0 Å². The van der Waals surface area contributed by atoms with E-state index < -0.39 is 0 Å². The van der Waals surface area contributed by atoms with Crippen LogP contribution in [-0.2, 0) is 9.53 Å². The van der Waals surface area contributed by atoms with Gasteiger partial charge in [0.2, 0.25) is 0 Å². The number of benzene rings is 1. The standard InChI is InChI=1S/C21H30N2O4/c1-21(2,3)27-17-9-7-16(8-10-17)19(24)22-11-5-12-23(14-13-22)20(25)18-6-4-15-26-18/h7-10,18H,4-6,11-15H2,1-3H3. The van der Waals surface area contributed by atoms with Gasteiger partial charge in [-0.1, -0.05) is 0 Å². The van der Waals surface area contributed by atoms with Crippen LogP contribution < -0.4 is 4.74 Å². The number of amides is 2. The largest absolute Gasteiger partial charge is 0.488 e. The number of hydrogen-bond donors (Lipinski definition) is 0. The van der Waals surface area contributed by atoms with Gasteiger partial charge in [0.05, 0.1) is 0 Å². The minimum absolute atomic E-state index is 0.00345. The zero-order valence-corrected chi connectivity index (χ0v) is 16.6. The average molecular weight is 374 g/mol. The Bertz CT molecular complexity index is 660. The van der Waals surface area contributed by atoms with Crippen LogP contribution in [0, 0.1) is 0 Å². The number of carbonyl (C=O) groups excluding carboxylic acids is 2. The predicted octanol–water partition coefficient (Wildman–Crippen LogP) is 2.72. The maximum atomic E-state index is 12.8. The van der Waals surface area contributed by atoms with Crippen molar-refractivity contribution < 1.29 is 19.1 Å². The lowest BCUT2D eigenvalue weighted by atomic mass is 10.1.